The third-order valence-corrected chi connectivity index (χ3v) is 1.81. The highest BCUT2D eigenvalue weighted by molar-refractivity contribution is 5.64. The highest BCUT2D eigenvalue weighted by Gasteiger charge is 1.95. The zero-order valence-corrected chi connectivity index (χ0v) is 8.10. The number of halogens is 1. The van der Waals surface area contributed by atoms with Gasteiger partial charge >= 0.3 is 0 Å². The molecule has 0 bridgehead atoms. The third kappa shape index (κ3) is 3.70. The molecule has 0 aromatic heterocycles. The van der Waals surface area contributed by atoms with Crippen LogP contribution in [-0.4, -0.2) is 6.54 Å². The summed E-state index contributed by atoms with van der Waals surface area (Å²) in [6.07, 6.45) is 4.25. The zero-order valence-electron chi connectivity index (χ0n) is 8.10. The Balaban J connectivity index is 2.60. The first kappa shape index (κ1) is 11.1. The van der Waals surface area contributed by atoms with Crippen molar-refractivity contribution in [3.8, 4) is 0 Å². The van der Waals surface area contributed by atoms with Gasteiger partial charge < -0.3 is 5.73 Å². The van der Waals surface area contributed by atoms with Gasteiger partial charge in [-0.3, -0.25) is 0 Å². The minimum absolute atomic E-state index is 0.348. The summed E-state index contributed by atoms with van der Waals surface area (Å²) < 4.78 is 12.7. The van der Waals surface area contributed by atoms with E-state index >= 15 is 0 Å². The van der Waals surface area contributed by atoms with Crippen LogP contribution in [0.4, 0.5) is 10.1 Å². The van der Waals surface area contributed by atoms with Crippen molar-refractivity contribution >= 4 is 11.8 Å². The van der Waals surface area contributed by atoms with E-state index in [1.54, 1.807) is 12.1 Å². The molecule has 0 aliphatic heterocycles. The van der Waals surface area contributed by atoms with E-state index in [0.29, 0.717) is 18.7 Å². The average molecular weight is 206 g/mol. The van der Waals surface area contributed by atoms with E-state index in [1.807, 2.05) is 6.08 Å². The van der Waals surface area contributed by atoms with Crippen LogP contribution in [0.25, 0.3) is 16.5 Å². The summed E-state index contributed by atoms with van der Waals surface area (Å²) >= 11 is 0. The largest absolute Gasteiger partial charge is 0.398 e. The van der Waals surface area contributed by atoms with Gasteiger partial charge in [0, 0.05) is 17.1 Å². The Labute approximate surface area is 86.8 Å². The first-order valence-electron chi connectivity index (χ1n) is 4.46. The van der Waals surface area contributed by atoms with Crippen molar-refractivity contribution in [3.05, 3.63) is 46.1 Å². The number of hydrogen-bond acceptors (Lipinski definition) is 2. The molecule has 0 radical (unpaired) electrons. The molecule has 0 amide bonds. The van der Waals surface area contributed by atoms with Crippen LogP contribution in [0.1, 0.15) is 12.0 Å². The first-order chi connectivity index (χ1) is 7.24. The predicted octanol–water partition coefficient (Wildman–Crippen LogP) is 3.12. The van der Waals surface area contributed by atoms with Gasteiger partial charge in [-0.15, -0.1) is 0 Å². The monoisotopic (exact) mass is 206 g/mol. The number of hydrogen-bond donors (Lipinski definition) is 1. The Kier molecular flexibility index (Phi) is 4.19. The molecule has 1 aromatic carbocycles. The van der Waals surface area contributed by atoms with E-state index in [9.17, 15) is 4.39 Å². The minimum Gasteiger partial charge on any atom is -0.398 e. The molecule has 0 aliphatic rings. The van der Waals surface area contributed by atoms with Gasteiger partial charge in [0.2, 0.25) is 0 Å². The fourth-order valence-electron chi connectivity index (χ4n) is 1.08. The molecular weight excluding hydrogens is 195 g/mol. The molecule has 15 heavy (non-hydrogen) atoms. The topological polar surface area (TPSA) is 74.8 Å². The van der Waals surface area contributed by atoms with Crippen LogP contribution in [0, 0.1) is 5.82 Å². The smallest absolute Gasteiger partial charge is 0.125 e. The maximum atomic E-state index is 12.7. The lowest BCUT2D eigenvalue weighted by Gasteiger charge is -1.99. The molecular formula is C10H11FN4. The minimum atomic E-state index is -0.348. The van der Waals surface area contributed by atoms with Crippen molar-refractivity contribution in [1.29, 1.82) is 0 Å². The molecule has 0 aliphatic carbocycles. The zero-order chi connectivity index (χ0) is 11.1. The van der Waals surface area contributed by atoms with Crippen molar-refractivity contribution in [2.24, 2.45) is 5.11 Å². The molecule has 5 heteroatoms. The summed E-state index contributed by atoms with van der Waals surface area (Å²) in [5.41, 5.74) is 14.8. The lowest BCUT2D eigenvalue weighted by Crippen LogP contribution is -1.90. The molecule has 0 heterocycles. The van der Waals surface area contributed by atoms with Gasteiger partial charge in [0.05, 0.1) is 0 Å². The Morgan fingerprint density at radius 1 is 1.53 bits per heavy atom. The molecule has 1 aromatic rings. The number of nitrogen functional groups attached to an aromatic ring is 1. The summed E-state index contributed by atoms with van der Waals surface area (Å²) in [5, 5.41) is 3.38. The highest BCUT2D eigenvalue weighted by Crippen LogP contribution is 2.15. The van der Waals surface area contributed by atoms with Gasteiger partial charge in [0.1, 0.15) is 5.82 Å². The Morgan fingerprint density at radius 3 is 3.00 bits per heavy atom. The van der Waals surface area contributed by atoms with Crippen LogP contribution >= 0.6 is 0 Å². The van der Waals surface area contributed by atoms with Crippen LogP contribution in [-0.2, 0) is 0 Å². The lowest BCUT2D eigenvalue weighted by atomic mass is 10.1. The number of rotatable bonds is 4. The van der Waals surface area contributed by atoms with E-state index in [-0.39, 0.29) is 5.82 Å². The van der Waals surface area contributed by atoms with Gasteiger partial charge in [-0.2, -0.15) is 0 Å². The second kappa shape index (κ2) is 5.67. The molecule has 0 fully saturated rings. The van der Waals surface area contributed by atoms with Crippen molar-refractivity contribution in [2.45, 2.75) is 6.42 Å². The van der Waals surface area contributed by atoms with Crippen LogP contribution < -0.4 is 5.73 Å². The summed E-state index contributed by atoms with van der Waals surface area (Å²) in [7, 11) is 0. The van der Waals surface area contributed by atoms with Crippen molar-refractivity contribution < 1.29 is 4.39 Å². The van der Waals surface area contributed by atoms with Gasteiger partial charge in [0.15, 0.2) is 0 Å². The second-order valence-corrected chi connectivity index (χ2v) is 2.92. The lowest BCUT2D eigenvalue weighted by molar-refractivity contribution is 0.628. The average Bonchev–Trinajstić information content (AvgIpc) is 2.20. The maximum Gasteiger partial charge on any atom is 0.125 e. The van der Waals surface area contributed by atoms with Crippen LogP contribution in [0.3, 0.4) is 0 Å². The fourth-order valence-corrected chi connectivity index (χ4v) is 1.08. The second-order valence-electron chi connectivity index (χ2n) is 2.92. The van der Waals surface area contributed by atoms with Gasteiger partial charge in [-0.1, -0.05) is 23.3 Å². The summed E-state index contributed by atoms with van der Waals surface area (Å²) in [6.45, 7) is 0.411. The van der Waals surface area contributed by atoms with Crippen LogP contribution in [0.5, 0.6) is 0 Å². The molecule has 78 valence electrons. The molecule has 0 atom stereocenters. The van der Waals surface area contributed by atoms with Gasteiger partial charge in [-0.05, 0) is 29.6 Å². The van der Waals surface area contributed by atoms with Gasteiger partial charge in [0.25, 0.3) is 0 Å². The molecule has 1 rings (SSSR count). The quantitative estimate of drug-likeness (QED) is 0.265. The first-order valence-corrected chi connectivity index (χ1v) is 4.46. The molecule has 0 saturated carbocycles. The Morgan fingerprint density at radius 2 is 2.33 bits per heavy atom. The standard InChI is InChI=1S/C10H11FN4/c11-9-5-4-8(10(12)7-9)3-1-2-6-14-15-13/h1,3-5,7H,2,6,12H2. The number of nitrogens with zero attached hydrogens (tertiary/aromatic N) is 3. The molecule has 2 N–H and O–H groups in total. The number of anilines is 1. The van der Waals surface area contributed by atoms with Crippen molar-refractivity contribution in [1.82, 2.24) is 0 Å². The fraction of sp³-hybridized carbons (Fsp3) is 0.200. The molecule has 0 spiro atoms. The van der Waals surface area contributed by atoms with Crippen molar-refractivity contribution in [3.63, 3.8) is 0 Å². The van der Waals surface area contributed by atoms with E-state index in [0.717, 1.165) is 5.56 Å². The molecule has 0 unspecified atom stereocenters. The maximum absolute atomic E-state index is 12.7. The van der Waals surface area contributed by atoms with Gasteiger partial charge in [-0.25, -0.2) is 4.39 Å². The molecule has 4 nitrogen and oxygen atoms in total. The normalized spacial score (nSPS) is 10.2. The van der Waals surface area contributed by atoms with E-state index in [2.05, 4.69) is 10.0 Å². The van der Waals surface area contributed by atoms with Crippen LogP contribution in [0.15, 0.2) is 29.4 Å². The van der Waals surface area contributed by atoms with Crippen molar-refractivity contribution in [2.75, 3.05) is 12.3 Å². The summed E-state index contributed by atoms with van der Waals surface area (Å²) in [5.74, 6) is -0.348. The highest BCUT2D eigenvalue weighted by atomic mass is 19.1. The molecule has 0 saturated heterocycles. The van der Waals surface area contributed by atoms with E-state index in [1.165, 1.54) is 12.1 Å². The summed E-state index contributed by atoms with van der Waals surface area (Å²) in [4.78, 5) is 2.63. The predicted molar refractivity (Wildman–Crippen MR) is 58.5 cm³/mol. The number of benzene rings is 1. The summed E-state index contributed by atoms with van der Waals surface area (Å²) in [6, 6.07) is 4.23. The number of nitrogens with two attached hydrogens (primary N) is 1. The Bertz CT molecular complexity index is 408. The Hall–Kier alpha value is -2.00. The SMILES string of the molecule is [N-]=[N+]=NCCC=Cc1ccc(F)cc1N. The number of azide groups is 1. The van der Waals surface area contributed by atoms with Crippen LogP contribution in [0.2, 0.25) is 0 Å². The van der Waals surface area contributed by atoms with E-state index < -0.39 is 0 Å². The van der Waals surface area contributed by atoms with E-state index in [4.69, 9.17) is 11.3 Å². The third-order valence-electron chi connectivity index (χ3n) is 1.81.